The lowest BCUT2D eigenvalue weighted by Gasteiger charge is -2.13. The van der Waals surface area contributed by atoms with E-state index in [0.717, 1.165) is 11.1 Å². The average Bonchev–Trinajstić information content (AvgIpc) is 3.16. The Bertz CT molecular complexity index is 1370. The molecule has 0 unspecified atom stereocenters. The van der Waals surface area contributed by atoms with Gasteiger partial charge in [0.15, 0.2) is 5.16 Å². The number of ether oxygens (including phenoxy) is 1. The third-order valence-electron chi connectivity index (χ3n) is 5.57. The molecule has 0 bridgehead atoms. The topological polar surface area (TPSA) is 106 Å². The number of amides is 2. The minimum absolute atomic E-state index is 0.175. The van der Waals surface area contributed by atoms with E-state index in [2.05, 4.69) is 20.6 Å². The van der Waals surface area contributed by atoms with Gasteiger partial charge in [-0.3, -0.25) is 9.59 Å². The first-order chi connectivity index (χ1) is 16.9. The molecule has 2 N–H and O–H groups in total. The van der Waals surface area contributed by atoms with Gasteiger partial charge in [0, 0.05) is 23.2 Å². The average molecular weight is 491 g/mol. The summed E-state index contributed by atoms with van der Waals surface area (Å²) in [6.07, 6.45) is 0. The zero-order valence-electron chi connectivity index (χ0n) is 19.9. The van der Waals surface area contributed by atoms with Crippen molar-refractivity contribution in [2.75, 3.05) is 12.4 Å². The number of furan rings is 1. The largest absolute Gasteiger partial charge is 0.496 e. The highest BCUT2D eigenvalue weighted by Gasteiger charge is 2.22. The molecule has 2 aromatic heterocycles. The fourth-order valence-electron chi connectivity index (χ4n) is 3.53. The molecule has 2 aromatic carbocycles. The van der Waals surface area contributed by atoms with Crippen LogP contribution in [0, 0.1) is 13.8 Å². The molecule has 1 atom stereocenters. The van der Waals surface area contributed by atoms with Gasteiger partial charge in [-0.25, -0.2) is 4.98 Å². The number of aromatic nitrogens is 2. The quantitative estimate of drug-likeness (QED) is 0.267. The number of hydrogen-bond donors (Lipinski definition) is 2. The van der Waals surface area contributed by atoms with Crippen LogP contribution in [0.4, 0.5) is 5.82 Å². The molecule has 0 radical (unpaired) electrons. The van der Waals surface area contributed by atoms with Crippen LogP contribution in [0.3, 0.4) is 0 Å². The van der Waals surface area contributed by atoms with E-state index in [1.165, 1.54) is 11.8 Å². The molecule has 180 valence electrons. The smallest absolute Gasteiger partial charge is 0.256 e. The highest BCUT2D eigenvalue weighted by Crippen LogP contribution is 2.32. The third-order valence-corrected chi connectivity index (χ3v) is 6.53. The van der Waals surface area contributed by atoms with E-state index in [0.29, 0.717) is 45.7 Å². The van der Waals surface area contributed by atoms with Crippen LogP contribution in [0.2, 0.25) is 0 Å². The number of nitrogens with one attached hydrogen (secondary N) is 2. The summed E-state index contributed by atoms with van der Waals surface area (Å²) < 4.78 is 11.2. The van der Waals surface area contributed by atoms with Crippen molar-refractivity contribution < 1.29 is 18.7 Å². The number of anilines is 1. The maximum Gasteiger partial charge on any atom is 0.256 e. The van der Waals surface area contributed by atoms with E-state index in [1.54, 1.807) is 38.3 Å². The first kappa shape index (κ1) is 24.3. The monoisotopic (exact) mass is 490 g/mol. The summed E-state index contributed by atoms with van der Waals surface area (Å²) >= 11 is 1.19. The molecule has 4 rings (SSSR count). The lowest BCUT2D eigenvalue weighted by atomic mass is 10.2. The number of nitrogens with zero attached hydrogens (tertiary/aromatic N) is 2. The Hall–Kier alpha value is -3.85. The van der Waals surface area contributed by atoms with Gasteiger partial charge < -0.3 is 19.8 Å². The van der Waals surface area contributed by atoms with Crippen molar-refractivity contribution in [2.24, 2.45) is 0 Å². The lowest BCUT2D eigenvalue weighted by Crippen LogP contribution is -2.30. The Morgan fingerprint density at radius 3 is 2.51 bits per heavy atom. The van der Waals surface area contributed by atoms with Crippen LogP contribution in [-0.4, -0.2) is 34.1 Å². The van der Waals surface area contributed by atoms with Crippen LogP contribution in [0.15, 0.2) is 64.2 Å². The molecule has 35 heavy (non-hydrogen) atoms. The third kappa shape index (κ3) is 5.46. The van der Waals surface area contributed by atoms with E-state index < -0.39 is 5.25 Å². The summed E-state index contributed by atoms with van der Waals surface area (Å²) in [7, 11) is 1.60. The molecular weight excluding hydrogens is 464 g/mol. The molecule has 0 spiro atoms. The number of para-hydroxylation sites is 1. The summed E-state index contributed by atoms with van der Waals surface area (Å²) in [5.74, 6) is 1.29. The first-order valence-electron chi connectivity index (χ1n) is 11.1. The summed E-state index contributed by atoms with van der Waals surface area (Å²) in [6.45, 7) is 5.84. The number of fused-ring (bicyclic) bond motifs is 1. The summed E-state index contributed by atoms with van der Waals surface area (Å²) in [5.41, 5.74) is 2.60. The number of hydrogen-bond acceptors (Lipinski definition) is 7. The number of benzene rings is 2. The normalized spacial score (nSPS) is 11.8. The predicted octanol–water partition coefficient (Wildman–Crippen LogP) is 4.90. The molecule has 2 amide bonds. The number of aryl methyl sites for hydroxylation is 2. The van der Waals surface area contributed by atoms with Crippen LogP contribution in [0.1, 0.15) is 34.2 Å². The van der Waals surface area contributed by atoms with E-state index in [4.69, 9.17) is 9.15 Å². The minimum atomic E-state index is -0.489. The van der Waals surface area contributed by atoms with E-state index in [-0.39, 0.29) is 11.8 Å². The standard InChI is InChI=1S/C26H26N4O4S/c1-15-16(2)34-25-21(15)22(28-24(32)18-10-6-5-7-11-18)29-26(30-25)35-17(3)23(31)27-14-19-12-8-9-13-20(19)33-4/h5-13,17H,14H2,1-4H3,(H,27,31)(H,28,29,30,32)/t17-/m0/s1. The van der Waals surface area contributed by atoms with Crippen molar-refractivity contribution in [1.29, 1.82) is 0 Å². The second-order valence-corrected chi connectivity index (χ2v) is 9.24. The summed E-state index contributed by atoms with van der Waals surface area (Å²) in [6, 6.07) is 16.4. The zero-order chi connectivity index (χ0) is 24.9. The van der Waals surface area contributed by atoms with Gasteiger partial charge in [-0.2, -0.15) is 4.98 Å². The molecule has 0 saturated heterocycles. The maximum absolute atomic E-state index is 12.8. The first-order valence-corrected chi connectivity index (χ1v) is 12.0. The molecule has 9 heteroatoms. The van der Waals surface area contributed by atoms with Crippen molar-refractivity contribution in [1.82, 2.24) is 15.3 Å². The molecule has 0 saturated carbocycles. The predicted molar refractivity (Wildman–Crippen MR) is 136 cm³/mol. The number of carbonyl (C=O) groups is 2. The van der Waals surface area contributed by atoms with Gasteiger partial charge in [0.2, 0.25) is 11.6 Å². The fourth-order valence-corrected chi connectivity index (χ4v) is 4.32. The van der Waals surface area contributed by atoms with Crippen molar-refractivity contribution in [3.8, 4) is 5.75 Å². The SMILES string of the molecule is COc1ccccc1CNC(=O)[C@H](C)Sc1nc(NC(=O)c2ccccc2)c2c(C)c(C)oc2n1. The van der Waals surface area contributed by atoms with Crippen LogP contribution in [-0.2, 0) is 11.3 Å². The maximum atomic E-state index is 12.8. The molecule has 8 nitrogen and oxygen atoms in total. The van der Waals surface area contributed by atoms with Crippen molar-refractivity contribution >= 4 is 40.5 Å². The van der Waals surface area contributed by atoms with Crippen LogP contribution >= 0.6 is 11.8 Å². The highest BCUT2D eigenvalue weighted by atomic mass is 32.2. The summed E-state index contributed by atoms with van der Waals surface area (Å²) in [4.78, 5) is 34.6. The van der Waals surface area contributed by atoms with Gasteiger partial charge in [-0.1, -0.05) is 48.2 Å². The number of thioether (sulfide) groups is 1. The minimum Gasteiger partial charge on any atom is -0.496 e. The molecule has 4 aromatic rings. The molecule has 2 heterocycles. The van der Waals surface area contributed by atoms with Crippen LogP contribution < -0.4 is 15.4 Å². The molecule has 0 aliphatic rings. The van der Waals surface area contributed by atoms with Gasteiger partial charge in [0.1, 0.15) is 17.3 Å². The Kier molecular flexibility index (Phi) is 7.36. The number of methoxy groups -OCH3 is 1. The molecule has 0 fully saturated rings. The Balaban J connectivity index is 1.53. The van der Waals surface area contributed by atoms with Crippen LogP contribution in [0.5, 0.6) is 5.75 Å². The van der Waals surface area contributed by atoms with Gasteiger partial charge in [-0.15, -0.1) is 0 Å². The molecule has 0 aliphatic heterocycles. The van der Waals surface area contributed by atoms with Gasteiger partial charge >= 0.3 is 0 Å². The van der Waals surface area contributed by atoms with Gasteiger partial charge in [-0.05, 0) is 39.0 Å². The van der Waals surface area contributed by atoms with Gasteiger partial charge in [0.25, 0.3) is 5.91 Å². The Labute approximate surface area is 207 Å². The van der Waals surface area contributed by atoms with E-state index in [9.17, 15) is 9.59 Å². The van der Waals surface area contributed by atoms with Crippen molar-refractivity contribution in [3.05, 3.63) is 77.0 Å². The van der Waals surface area contributed by atoms with E-state index in [1.807, 2.05) is 44.2 Å². The van der Waals surface area contributed by atoms with Gasteiger partial charge in [0.05, 0.1) is 17.7 Å². The molecular formula is C26H26N4O4S. The Morgan fingerprint density at radius 1 is 1.06 bits per heavy atom. The van der Waals surface area contributed by atoms with Crippen molar-refractivity contribution in [2.45, 2.75) is 37.7 Å². The molecule has 0 aliphatic carbocycles. The second kappa shape index (κ2) is 10.6. The van der Waals surface area contributed by atoms with Crippen LogP contribution in [0.25, 0.3) is 11.1 Å². The second-order valence-electron chi connectivity index (χ2n) is 7.93. The number of carbonyl (C=O) groups excluding carboxylic acids is 2. The highest BCUT2D eigenvalue weighted by molar-refractivity contribution is 8.00. The number of rotatable bonds is 8. The zero-order valence-corrected chi connectivity index (χ0v) is 20.7. The fraction of sp³-hybridized carbons (Fsp3) is 0.231. The Morgan fingerprint density at radius 2 is 1.77 bits per heavy atom. The summed E-state index contributed by atoms with van der Waals surface area (Å²) in [5, 5.41) is 6.29. The van der Waals surface area contributed by atoms with E-state index >= 15 is 0 Å². The van der Waals surface area contributed by atoms with Crippen molar-refractivity contribution in [3.63, 3.8) is 0 Å². The lowest BCUT2D eigenvalue weighted by molar-refractivity contribution is -0.120.